The fourth-order valence-electron chi connectivity index (χ4n) is 0.879. The van der Waals surface area contributed by atoms with E-state index < -0.39 is 0 Å². The van der Waals surface area contributed by atoms with Gasteiger partial charge in [0.25, 0.3) is 5.19 Å². The van der Waals surface area contributed by atoms with Gasteiger partial charge in [0.2, 0.25) is 0 Å². The summed E-state index contributed by atoms with van der Waals surface area (Å²) in [6.07, 6.45) is 1.59. The first-order valence-corrected chi connectivity index (χ1v) is 6.11. The van der Waals surface area contributed by atoms with Gasteiger partial charge in [0.15, 0.2) is 0 Å². The van der Waals surface area contributed by atoms with Crippen molar-refractivity contribution >= 4 is 43.2 Å². The molecule has 2 aromatic rings. The summed E-state index contributed by atoms with van der Waals surface area (Å²) in [7, 11) is 0. The highest BCUT2D eigenvalue weighted by atomic mass is 79.9. The summed E-state index contributed by atoms with van der Waals surface area (Å²) in [6, 6.07) is 5.73. The molecule has 1 aromatic heterocycles. The minimum atomic E-state index is 0.587. The molecule has 1 radical (unpaired) electrons. The van der Waals surface area contributed by atoms with E-state index in [9.17, 15) is 0 Å². The Balaban J connectivity index is 2.28. The van der Waals surface area contributed by atoms with Gasteiger partial charge in [-0.1, -0.05) is 27.3 Å². The highest BCUT2D eigenvalue weighted by Crippen LogP contribution is 2.32. The molecule has 71 valence electrons. The van der Waals surface area contributed by atoms with E-state index in [2.05, 4.69) is 42.2 Å². The van der Waals surface area contributed by atoms with Crippen molar-refractivity contribution in [1.82, 2.24) is 4.98 Å². The molecular formula is C9H4Br2NOS. The molecular weight excluding hydrogens is 330 g/mol. The molecule has 0 saturated carbocycles. The number of benzene rings is 1. The summed E-state index contributed by atoms with van der Waals surface area (Å²) in [5.74, 6) is 0.739. The third-order valence-electron chi connectivity index (χ3n) is 1.46. The Morgan fingerprint density at radius 3 is 2.93 bits per heavy atom. The van der Waals surface area contributed by atoms with Gasteiger partial charge in [-0.15, -0.1) is 0 Å². The van der Waals surface area contributed by atoms with Crippen LogP contribution < -0.4 is 4.74 Å². The molecule has 0 unspecified atom stereocenters. The maximum absolute atomic E-state index is 5.53. The number of aromatic nitrogens is 1. The Morgan fingerprint density at radius 1 is 1.36 bits per heavy atom. The van der Waals surface area contributed by atoms with Crippen LogP contribution >= 0.6 is 43.2 Å². The lowest BCUT2D eigenvalue weighted by Crippen LogP contribution is -1.84. The van der Waals surface area contributed by atoms with Crippen LogP contribution in [0.1, 0.15) is 0 Å². The van der Waals surface area contributed by atoms with Gasteiger partial charge < -0.3 is 4.74 Å². The number of hydrogen-bond donors (Lipinski definition) is 0. The summed E-state index contributed by atoms with van der Waals surface area (Å²) >= 11 is 8.11. The molecule has 0 aliphatic carbocycles. The van der Waals surface area contributed by atoms with E-state index in [-0.39, 0.29) is 0 Å². The van der Waals surface area contributed by atoms with E-state index in [1.165, 1.54) is 11.3 Å². The minimum Gasteiger partial charge on any atom is -0.430 e. The highest BCUT2D eigenvalue weighted by molar-refractivity contribution is 9.11. The first-order chi connectivity index (χ1) is 6.75. The lowest BCUT2D eigenvalue weighted by Gasteiger charge is -2.04. The van der Waals surface area contributed by atoms with Crippen molar-refractivity contribution in [2.24, 2.45) is 0 Å². The smallest absolute Gasteiger partial charge is 0.279 e. The largest absolute Gasteiger partial charge is 0.430 e. The molecule has 0 aliphatic heterocycles. The lowest BCUT2D eigenvalue weighted by atomic mass is 10.3. The van der Waals surface area contributed by atoms with Crippen LogP contribution in [0.15, 0.2) is 33.3 Å². The predicted molar refractivity (Wildman–Crippen MR) is 62.9 cm³/mol. The summed E-state index contributed by atoms with van der Waals surface area (Å²) in [5, 5.41) is 3.45. The van der Waals surface area contributed by atoms with Crippen molar-refractivity contribution in [3.05, 3.63) is 38.7 Å². The van der Waals surface area contributed by atoms with E-state index in [0.717, 1.165) is 14.7 Å². The molecule has 14 heavy (non-hydrogen) atoms. The second-order valence-corrected chi connectivity index (χ2v) is 4.98. The average Bonchev–Trinajstić information content (AvgIpc) is 2.64. The van der Waals surface area contributed by atoms with E-state index in [1.807, 2.05) is 18.2 Å². The number of rotatable bonds is 2. The van der Waals surface area contributed by atoms with E-state index in [1.54, 1.807) is 6.20 Å². The summed E-state index contributed by atoms with van der Waals surface area (Å²) in [5.41, 5.74) is 0. The van der Waals surface area contributed by atoms with Crippen LogP contribution in [0.3, 0.4) is 0 Å². The molecule has 0 amide bonds. The second-order valence-electron chi connectivity index (χ2n) is 2.42. The van der Waals surface area contributed by atoms with Crippen molar-refractivity contribution < 1.29 is 4.74 Å². The third kappa shape index (κ3) is 2.34. The summed E-state index contributed by atoms with van der Waals surface area (Å²) in [6.45, 7) is 0. The lowest BCUT2D eigenvalue weighted by molar-refractivity contribution is 0.475. The van der Waals surface area contributed by atoms with Crippen molar-refractivity contribution in [3.8, 4) is 10.9 Å². The van der Waals surface area contributed by atoms with Crippen LogP contribution in [0.4, 0.5) is 0 Å². The maximum atomic E-state index is 5.53. The van der Waals surface area contributed by atoms with Crippen molar-refractivity contribution in [1.29, 1.82) is 0 Å². The van der Waals surface area contributed by atoms with Gasteiger partial charge in [0.05, 0.1) is 16.0 Å². The molecule has 0 saturated heterocycles. The number of halogens is 2. The molecule has 5 heteroatoms. The highest BCUT2D eigenvalue weighted by Gasteiger charge is 2.04. The maximum Gasteiger partial charge on any atom is 0.279 e. The van der Waals surface area contributed by atoms with Gasteiger partial charge >= 0.3 is 0 Å². The monoisotopic (exact) mass is 332 g/mol. The minimum absolute atomic E-state index is 0.587. The van der Waals surface area contributed by atoms with Gasteiger partial charge in [-0.3, -0.25) is 0 Å². The molecule has 0 spiro atoms. The molecule has 0 bridgehead atoms. The molecule has 1 heterocycles. The zero-order valence-electron chi connectivity index (χ0n) is 6.83. The summed E-state index contributed by atoms with van der Waals surface area (Å²) < 4.78 is 7.40. The van der Waals surface area contributed by atoms with Crippen LogP contribution in [-0.2, 0) is 0 Å². The normalized spacial score (nSPS) is 10.1. The quantitative estimate of drug-likeness (QED) is 0.819. The van der Waals surface area contributed by atoms with Crippen LogP contribution in [0.2, 0.25) is 0 Å². The van der Waals surface area contributed by atoms with Crippen molar-refractivity contribution in [2.75, 3.05) is 0 Å². The summed E-state index contributed by atoms with van der Waals surface area (Å²) in [4.78, 5) is 3.99. The molecule has 0 atom stereocenters. The predicted octanol–water partition coefficient (Wildman–Crippen LogP) is 4.26. The number of hydrogen-bond acceptors (Lipinski definition) is 3. The fraction of sp³-hybridized carbons (Fsp3) is 0. The van der Waals surface area contributed by atoms with Crippen molar-refractivity contribution in [3.63, 3.8) is 0 Å². The van der Waals surface area contributed by atoms with Gasteiger partial charge in [-0.05, 0) is 34.1 Å². The number of thiazole rings is 1. The molecule has 0 N–H and O–H groups in total. The zero-order chi connectivity index (χ0) is 9.97. The standard InChI is InChI=1S/C9H4Br2NOS/c10-6-1-2-7(11)8(5-6)13-9-12-3-4-14-9/h1-3,5H. The third-order valence-corrected chi connectivity index (χ3v) is 3.19. The van der Waals surface area contributed by atoms with Crippen LogP contribution in [-0.4, -0.2) is 4.98 Å². The van der Waals surface area contributed by atoms with Crippen LogP contribution in [0, 0.1) is 5.38 Å². The molecule has 2 nitrogen and oxygen atoms in total. The van der Waals surface area contributed by atoms with Gasteiger partial charge in [0, 0.05) is 4.47 Å². The van der Waals surface area contributed by atoms with E-state index >= 15 is 0 Å². The Labute approximate surface area is 102 Å². The Kier molecular flexibility index (Phi) is 3.20. The average molecular weight is 334 g/mol. The second kappa shape index (κ2) is 4.42. The van der Waals surface area contributed by atoms with E-state index in [4.69, 9.17) is 4.74 Å². The van der Waals surface area contributed by atoms with Crippen LogP contribution in [0.25, 0.3) is 0 Å². The van der Waals surface area contributed by atoms with Gasteiger partial charge in [-0.2, -0.15) is 0 Å². The topological polar surface area (TPSA) is 22.1 Å². The molecule has 0 fully saturated rings. The van der Waals surface area contributed by atoms with Gasteiger partial charge in [0.1, 0.15) is 5.75 Å². The fourth-order valence-corrected chi connectivity index (χ4v) is 1.99. The Bertz CT molecular complexity index is 430. The zero-order valence-corrected chi connectivity index (χ0v) is 10.8. The molecule has 0 aliphatic rings. The number of ether oxygens (including phenoxy) is 1. The van der Waals surface area contributed by atoms with Crippen LogP contribution in [0.5, 0.6) is 10.9 Å². The SMILES string of the molecule is Brc1ccc(Br)c(Oc2nc[c]s2)c1. The first-order valence-electron chi connectivity index (χ1n) is 3.70. The Hall–Kier alpha value is -0.390. The Morgan fingerprint density at radius 2 is 2.21 bits per heavy atom. The first kappa shape index (κ1) is 10.1. The van der Waals surface area contributed by atoms with E-state index in [0.29, 0.717) is 5.19 Å². The molecule has 1 aromatic carbocycles. The van der Waals surface area contributed by atoms with Gasteiger partial charge in [-0.25, -0.2) is 4.98 Å². The van der Waals surface area contributed by atoms with Crippen molar-refractivity contribution in [2.45, 2.75) is 0 Å². The molecule has 2 rings (SSSR count). The number of nitrogens with zero attached hydrogens (tertiary/aromatic N) is 1.